The highest BCUT2D eigenvalue weighted by Gasteiger charge is 2.77. The minimum Gasteiger partial charge on any atom is -0.461 e. The molecule has 2 amide bonds. The van der Waals surface area contributed by atoms with Gasteiger partial charge in [0.15, 0.2) is 0 Å². The number of aliphatic hydroxyl groups is 1. The number of aliphatic hydroxyl groups excluding tert-OH is 1. The summed E-state index contributed by atoms with van der Waals surface area (Å²) in [6.45, 7) is 8.13. The van der Waals surface area contributed by atoms with Crippen molar-refractivity contribution < 1.29 is 29.0 Å². The molecule has 1 aromatic carbocycles. The first-order chi connectivity index (χ1) is 19.4. The fourth-order valence-corrected chi connectivity index (χ4v) is 7.40. The van der Waals surface area contributed by atoms with Gasteiger partial charge in [0.25, 0.3) is 0 Å². The lowest BCUT2D eigenvalue weighted by Crippen LogP contribution is -2.57. The average molecular weight is 617 g/mol. The maximum absolute atomic E-state index is 14.5. The third kappa shape index (κ3) is 4.75. The number of amides is 2. The van der Waals surface area contributed by atoms with Crippen molar-refractivity contribution in [2.24, 2.45) is 11.8 Å². The van der Waals surface area contributed by atoms with Crippen molar-refractivity contribution in [2.75, 3.05) is 26.3 Å². The Labute approximate surface area is 240 Å². The number of halogens is 1. The number of unbranched alkanes of at least 4 members (excludes halogenated alkanes) is 2. The molecule has 40 heavy (non-hydrogen) atoms. The van der Waals surface area contributed by atoms with Gasteiger partial charge >= 0.3 is 5.97 Å². The molecule has 2 aromatic rings. The second kappa shape index (κ2) is 11.8. The van der Waals surface area contributed by atoms with E-state index >= 15 is 0 Å². The highest BCUT2D eigenvalue weighted by Crippen LogP contribution is 2.60. The fourth-order valence-electron chi connectivity index (χ4n) is 6.46. The van der Waals surface area contributed by atoms with Crippen molar-refractivity contribution >= 4 is 44.7 Å². The van der Waals surface area contributed by atoms with Crippen LogP contribution in [0.5, 0.6) is 0 Å². The molecule has 3 aliphatic heterocycles. The van der Waals surface area contributed by atoms with Crippen LogP contribution in [0.25, 0.3) is 11.0 Å². The van der Waals surface area contributed by atoms with E-state index in [2.05, 4.69) is 39.4 Å². The second-order valence-electron chi connectivity index (χ2n) is 10.5. The second-order valence-corrected chi connectivity index (χ2v) is 11.6. The zero-order valence-corrected chi connectivity index (χ0v) is 23.8. The maximum Gasteiger partial charge on any atom is 0.312 e. The molecular formula is C28H34BrN5O6. The van der Waals surface area contributed by atoms with Crippen molar-refractivity contribution in [3.05, 3.63) is 49.6 Å². The molecule has 11 nitrogen and oxygen atoms in total. The lowest BCUT2D eigenvalue weighted by atomic mass is 9.70. The topological polar surface area (TPSA) is 127 Å². The van der Waals surface area contributed by atoms with Gasteiger partial charge < -0.3 is 24.4 Å². The van der Waals surface area contributed by atoms with Crippen molar-refractivity contribution in [3.63, 3.8) is 0 Å². The third-order valence-corrected chi connectivity index (χ3v) is 8.93. The van der Waals surface area contributed by atoms with E-state index in [9.17, 15) is 19.5 Å². The summed E-state index contributed by atoms with van der Waals surface area (Å²) in [6, 6.07) is 6.52. The Kier molecular flexibility index (Phi) is 8.39. The van der Waals surface area contributed by atoms with E-state index in [0.717, 1.165) is 5.52 Å². The molecule has 3 unspecified atom stereocenters. The number of carbonyl (C=O) groups is 3. The number of hydrogen-bond acceptors (Lipinski definition) is 8. The van der Waals surface area contributed by atoms with Crippen LogP contribution >= 0.6 is 15.9 Å². The number of likely N-dealkylation sites (tertiary alicyclic amines) is 1. The van der Waals surface area contributed by atoms with Crippen LogP contribution in [0.15, 0.2) is 49.6 Å². The number of esters is 1. The van der Waals surface area contributed by atoms with Crippen molar-refractivity contribution in [2.45, 2.75) is 54.9 Å². The normalized spacial score (nSPS) is 28.6. The van der Waals surface area contributed by atoms with Crippen LogP contribution in [0.2, 0.25) is 0 Å². The number of alkyl halides is 1. The van der Waals surface area contributed by atoms with Gasteiger partial charge in [0, 0.05) is 24.5 Å². The molecule has 3 saturated heterocycles. The number of benzene rings is 1. The van der Waals surface area contributed by atoms with E-state index in [1.54, 1.807) is 20.6 Å². The summed E-state index contributed by atoms with van der Waals surface area (Å²) in [4.78, 5) is 44.7. The first-order valence-corrected chi connectivity index (χ1v) is 14.5. The molecule has 12 heteroatoms. The Balaban J connectivity index is 1.50. The van der Waals surface area contributed by atoms with Gasteiger partial charge in [0.05, 0.1) is 23.5 Å². The molecule has 214 valence electrons. The van der Waals surface area contributed by atoms with E-state index in [-0.39, 0.29) is 43.1 Å². The molecule has 3 fully saturated rings. The molecule has 1 spiro atoms. The molecule has 2 bridgehead atoms. The van der Waals surface area contributed by atoms with Gasteiger partial charge in [-0.1, -0.05) is 52.0 Å². The van der Waals surface area contributed by atoms with Gasteiger partial charge in [0.1, 0.15) is 30.4 Å². The average Bonchev–Trinajstić information content (AvgIpc) is 3.66. The number of para-hydroxylation sites is 1. The number of carbonyl (C=O) groups excluding carboxylic acids is 3. The van der Waals surface area contributed by atoms with Gasteiger partial charge in [-0.3, -0.25) is 14.4 Å². The fraction of sp³-hybridized carbons (Fsp3) is 0.536. The van der Waals surface area contributed by atoms with Crippen LogP contribution < -0.4 is 0 Å². The molecule has 6 atom stereocenters. The van der Waals surface area contributed by atoms with E-state index in [1.165, 1.54) is 6.08 Å². The highest BCUT2D eigenvalue weighted by atomic mass is 79.9. The molecule has 0 radical (unpaired) electrons. The number of ether oxygens (including phenoxy) is 2. The Morgan fingerprint density at radius 2 is 2.05 bits per heavy atom. The summed E-state index contributed by atoms with van der Waals surface area (Å²) in [5.41, 5.74) is 0.285. The largest absolute Gasteiger partial charge is 0.461 e. The van der Waals surface area contributed by atoms with Gasteiger partial charge in [-0.15, -0.1) is 11.7 Å². The van der Waals surface area contributed by atoms with Crippen LogP contribution in [-0.2, 0) is 30.5 Å². The number of aromatic nitrogens is 3. The number of fused-ring (bicyclic) bond motifs is 2. The van der Waals surface area contributed by atoms with E-state index in [1.807, 2.05) is 24.3 Å². The van der Waals surface area contributed by atoms with Crippen LogP contribution in [0.3, 0.4) is 0 Å². The molecule has 1 N–H and O–H groups in total. The highest BCUT2D eigenvalue weighted by molar-refractivity contribution is 9.09. The molecule has 1 aromatic heterocycles. The van der Waals surface area contributed by atoms with Crippen molar-refractivity contribution in [1.82, 2.24) is 24.8 Å². The minimum absolute atomic E-state index is 0.0229. The standard InChI is InChI=1S/C28H34BrN5O6/c1-3-12-32(17-34-20-11-7-6-10-19(20)30-31-34)26(37)24-28-16-18(29)23(40-28)21(27(38)39-15-4-2)22(28)25(36)33(24)13-8-5-9-14-35/h3-4,6-7,10-11,18,21-24,35H,1-2,5,8-9,12-17H2/t18?,21-,22-,23-,24?,28?/m0/s1. The first kappa shape index (κ1) is 28.4. The summed E-state index contributed by atoms with van der Waals surface area (Å²) in [5.74, 6) is -2.80. The molecule has 5 rings (SSSR count). The number of rotatable bonds is 13. The monoisotopic (exact) mass is 615 g/mol. The van der Waals surface area contributed by atoms with E-state index < -0.39 is 35.6 Å². The molecule has 3 aliphatic rings. The van der Waals surface area contributed by atoms with Crippen LogP contribution in [0.4, 0.5) is 0 Å². The van der Waals surface area contributed by atoms with Crippen molar-refractivity contribution in [3.8, 4) is 0 Å². The Morgan fingerprint density at radius 1 is 1.25 bits per heavy atom. The van der Waals surface area contributed by atoms with Gasteiger partial charge in [0.2, 0.25) is 11.8 Å². The van der Waals surface area contributed by atoms with Crippen molar-refractivity contribution in [1.29, 1.82) is 0 Å². The number of hydrogen-bond donors (Lipinski definition) is 1. The summed E-state index contributed by atoms with van der Waals surface area (Å²) >= 11 is 3.66. The minimum atomic E-state index is -1.19. The Hall–Kier alpha value is -3.09. The zero-order chi connectivity index (χ0) is 28.4. The lowest BCUT2D eigenvalue weighted by Gasteiger charge is -2.37. The van der Waals surface area contributed by atoms with Gasteiger partial charge in [-0.25, -0.2) is 4.68 Å². The zero-order valence-electron chi connectivity index (χ0n) is 22.2. The lowest BCUT2D eigenvalue weighted by molar-refractivity contribution is -0.154. The molecular weight excluding hydrogens is 582 g/mol. The molecule has 0 aliphatic carbocycles. The third-order valence-electron chi connectivity index (χ3n) is 8.08. The summed E-state index contributed by atoms with van der Waals surface area (Å²) in [6.07, 6.45) is 4.79. The SMILES string of the molecule is C=CCOC(=O)[C@H]1[C@H]2C(=O)N(CCCCCO)C(C(=O)N(CC=C)Cn3nnc4ccccc43)C23CC(Br)[C@@H]1O3. The maximum atomic E-state index is 14.5. The van der Waals surface area contributed by atoms with E-state index in [0.29, 0.717) is 37.7 Å². The predicted molar refractivity (Wildman–Crippen MR) is 149 cm³/mol. The van der Waals surface area contributed by atoms with E-state index in [4.69, 9.17) is 9.47 Å². The quantitative estimate of drug-likeness (QED) is 0.157. The first-order valence-electron chi connectivity index (χ1n) is 13.6. The Morgan fingerprint density at radius 3 is 2.80 bits per heavy atom. The van der Waals surface area contributed by atoms with Crippen LogP contribution in [0, 0.1) is 11.8 Å². The smallest absolute Gasteiger partial charge is 0.312 e. The summed E-state index contributed by atoms with van der Waals surface area (Å²) in [7, 11) is 0. The van der Waals surface area contributed by atoms with Gasteiger partial charge in [-0.2, -0.15) is 0 Å². The summed E-state index contributed by atoms with van der Waals surface area (Å²) in [5, 5.41) is 17.7. The van der Waals surface area contributed by atoms with Crippen LogP contribution in [0.1, 0.15) is 25.7 Å². The molecule has 0 saturated carbocycles. The van der Waals surface area contributed by atoms with Gasteiger partial charge in [-0.05, 0) is 37.8 Å². The number of nitrogens with zero attached hydrogens (tertiary/aromatic N) is 5. The van der Waals surface area contributed by atoms with Crippen LogP contribution in [-0.4, -0.2) is 96.6 Å². The predicted octanol–water partition coefficient (Wildman–Crippen LogP) is 2.04. The summed E-state index contributed by atoms with van der Waals surface area (Å²) < 4.78 is 13.6. The Bertz CT molecular complexity index is 1300. The molecule has 4 heterocycles.